The van der Waals surface area contributed by atoms with Crippen LogP contribution in [0.1, 0.15) is 20.9 Å². The number of amides is 2. The first-order valence-electron chi connectivity index (χ1n) is 8.84. The lowest BCUT2D eigenvalue weighted by molar-refractivity contribution is 0.0977. The molecule has 0 aliphatic heterocycles. The fraction of sp³-hybridized carbons (Fsp3) is 0. The summed E-state index contributed by atoms with van der Waals surface area (Å²) in [7, 11) is 0. The lowest BCUT2D eigenvalue weighted by atomic mass is 10.2. The van der Waals surface area contributed by atoms with Gasteiger partial charge in [-0.1, -0.05) is 0 Å². The van der Waals surface area contributed by atoms with E-state index in [0.717, 1.165) is 24.4 Å². The number of nitrogens with two attached hydrogens (primary N) is 1. The molecule has 0 radical (unpaired) electrons. The van der Waals surface area contributed by atoms with E-state index < -0.39 is 40.8 Å². The summed E-state index contributed by atoms with van der Waals surface area (Å²) in [6, 6.07) is 6.67. The van der Waals surface area contributed by atoms with Gasteiger partial charge in [-0.15, -0.1) is 0 Å². The number of fused-ring (bicyclic) bond motifs is 1. The van der Waals surface area contributed by atoms with Crippen LogP contribution in [0, 0.1) is 23.3 Å². The van der Waals surface area contributed by atoms with Gasteiger partial charge in [0.25, 0.3) is 11.8 Å². The van der Waals surface area contributed by atoms with Gasteiger partial charge in [0, 0.05) is 29.8 Å². The van der Waals surface area contributed by atoms with Gasteiger partial charge in [-0.25, -0.2) is 22.5 Å². The number of furan rings is 1. The summed E-state index contributed by atoms with van der Waals surface area (Å²) in [4.78, 5) is 28.0. The molecule has 0 bridgehead atoms. The normalized spacial score (nSPS) is 10.9. The summed E-state index contributed by atoms with van der Waals surface area (Å²) in [5, 5.41) is 2.52. The monoisotopic (exact) mass is 445 g/mol. The summed E-state index contributed by atoms with van der Waals surface area (Å²) in [5.41, 5.74) is 5.22. The maximum Gasteiger partial charge on any atom is 0.286 e. The zero-order valence-electron chi connectivity index (χ0n) is 15.8. The van der Waals surface area contributed by atoms with Crippen molar-refractivity contribution in [3.05, 3.63) is 83.3 Å². The van der Waals surface area contributed by atoms with Crippen LogP contribution in [0.5, 0.6) is 11.6 Å². The van der Waals surface area contributed by atoms with Gasteiger partial charge in [0.1, 0.15) is 22.9 Å². The molecule has 4 rings (SSSR count). The highest BCUT2D eigenvalue weighted by atomic mass is 19.1. The molecule has 11 heteroatoms. The highest BCUT2D eigenvalue weighted by molar-refractivity contribution is 6.14. The number of nitrogens with one attached hydrogen (secondary N) is 1. The van der Waals surface area contributed by atoms with E-state index in [9.17, 15) is 27.2 Å². The fourth-order valence-electron chi connectivity index (χ4n) is 2.86. The SMILES string of the molecule is NC(=O)c1oc2ccc(F)cc2c1NC(=O)c1ccc(Oc2c(F)cc(F)cc2F)nc1. The van der Waals surface area contributed by atoms with Crippen LogP contribution in [0.2, 0.25) is 0 Å². The van der Waals surface area contributed by atoms with Crippen molar-refractivity contribution in [2.24, 2.45) is 5.73 Å². The average Bonchev–Trinajstić information content (AvgIpc) is 3.09. The maximum absolute atomic E-state index is 13.7. The summed E-state index contributed by atoms with van der Waals surface area (Å²) < 4.78 is 64.3. The first-order valence-corrected chi connectivity index (χ1v) is 8.84. The van der Waals surface area contributed by atoms with Crippen LogP contribution in [0.4, 0.5) is 23.2 Å². The summed E-state index contributed by atoms with van der Waals surface area (Å²) in [6.45, 7) is 0. The Bertz CT molecular complexity index is 1350. The Kier molecular flexibility index (Phi) is 5.23. The third-order valence-electron chi connectivity index (χ3n) is 4.28. The molecule has 32 heavy (non-hydrogen) atoms. The van der Waals surface area contributed by atoms with E-state index in [-0.39, 0.29) is 33.9 Å². The third-order valence-corrected chi connectivity index (χ3v) is 4.28. The van der Waals surface area contributed by atoms with Crippen molar-refractivity contribution < 1.29 is 36.3 Å². The Hall–Kier alpha value is -4.41. The minimum atomic E-state index is -1.27. The van der Waals surface area contributed by atoms with E-state index in [4.69, 9.17) is 14.9 Å². The molecular weight excluding hydrogens is 434 g/mol. The van der Waals surface area contributed by atoms with E-state index in [0.29, 0.717) is 12.1 Å². The van der Waals surface area contributed by atoms with Crippen LogP contribution in [-0.4, -0.2) is 16.8 Å². The van der Waals surface area contributed by atoms with Crippen LogP contribution in [0.3, 0.4) is 0 Å². The minimum Gasteiger partial charge on any atom is -0.449 e. The molecule has 2 aromatic carbocycles. The average molecular weight is 445 g/mol. The van der Waals surface area contributed by atoms with Gasteiger partial charge in [-0.3, -0.25) is 9.59 Å². The van der Waals surface area contributed by atoms with Gasteiger partial charge >= 0.3 is 0 Å². The molecule has 0 aliphatic carbocycles. The Balaban J connectivity index is 1.59. The lowest BCUT2D eigenvalue weighted by Crippen LogP contribution is -2.17. The Morgan fingerprint density at radius 1 is 0.969 bits per heavy atom. The molecule has 0 atom stereocenters. The molecule has 2 heterocycles. The van der Waals surface area contributed by atoms with Crippen LogP contribution >= 0.6 is 0 Å². The molecule has 0 aliphatic rings. The van der Waals surface area contributed by atoms with Crippen molar-refractivity contribution in [1.29, 1.82) is 0 Å². The van der Waals surface area contributed by atoms with Gasteiger partial charge in [-0.2, -0.15) is 0 Å². The van der Waals surface area contributed by atoms with Crippen molar-refractivity contribution in [3.8, 4) is 11.6 Å². The van der Waals surface area contributed by atoms with Gasteiger partial charge < -0.3 is 20.2 Å². The third kappa shape index (κ3) is 3.95. The molecule has 0 spiro atoms. The van der Waals surface area contributed by atoms with Crippen LogP contribution < -0.4 is 15.8 Å². The minimum absolute atomic E-state index is 0.0430. The van der Waals surface area contributed by atoms with Crippen LogP contribution in [0.25, 0.3) is 11.0 Å². The predicted molar refractivity (Wildman–Crippen MR) is 103 cm³/mol. The van der Waals surface area contributed by atoms with Crippen molar-refractivity contribution in [2.75, 3.05) is 5.32 Å². The second kappa shape index (κ2) is 8.02. The van der Waals surface area contributed by atoms with Gasteiger partial charge in [-0.05, 0) is 24.3 Å². The molecule has 0 saturated carbocycles. The van der Waals surface area contributed by atoms with E-state index in [1.807, 2.05) is 0 Å². The number of hydrogen-bond donors (Lipinski definition) is 2. The number of halogens is 4. The van der Waals surface area contributed by atoms with Gasteiger partial charge in [0.15, 0.2) is 11.6 Å². The van der Waals surface area contributed by atoms with Gasteiger partial charge in [0.05, 0.1) is 5.56 Å². The van der Waals surface area contributed by atoms with E-state index in [2.05, 4.69) is 10.3 Å². The van der Waals surface area contributed by atoms with E-state index in [1.165, 1.54) is 12.1 Å². The smallest absolute Gasteiger partial charge is 0.286 e. The first kappa shape index (κ1) is 20.8. The fourth-order valence-corrected chi connectivity index (χ4v) is 2.86. The number of rotatable bonds is 5. The number of carbonyl (C=O) groups excluding carboxylic acids is 2. The number of primary amides is 1. The summed E-state index contributed by atoms with van der Waals surface area (Å²) in [6.07, 6.45) is 1.02. The van der Waals surface area contributed by atoms with Crippen LogP contribution in [0.15, 0.2) is 53.1 Å². The molecule has 2 aromatic heterocycles. The van der Waals surface area contributed by atoms with Crippen LogP contribution in [-0.2, 0) is 0 Å². The second-order valence-corrected chi connectivity index (χ2v) is 6.45. The quantitative estimate of drug-likeness (QED) is 0.439. The van der Waals surface area contributed by atoms with Crippen molar-refractivity contribution >= 4 is 28.5 Å². The molecule has 2 amide bonds. The highest BCUT2D eigenvalue weighted by Gasteiger charge is 2.22. The Morgan fingerprint density at radius 2 is 1.69 bits per heavy atom. The molecular formula is C21H11F4N3O4. The predicted octanol–water partition coefficient (Wildman–Crippen LogP) is 4.53. The molecule has 4 aromatic rings. The van der Waals surface area contributed by atoms with Crippen molar-refractivity contribution in [1.82, 2.24) is 4.98 Å². The number of aromatic nitrogens is 1. The summed E-state index contributed by atoms with van der Waals surface area (Å²) >= 11 is 0. The van der Waals surface area contributed by atoms with Crippen molar-refractivity contribution in [3.63, 3.8) is 0 Å². The maximum atomic E-state index is 13.7. The Morgan fingerprint density at radius 3 is 2.31 bits per heavy atom. The molecule has 0 saturated heterocycles. The number of carbonyl (C=O) groups is 2. The molecule has 7 nitrogen and oxygen atoms in total. The number of hydrogen-bond acceptors (Lipinski definition) is 5. The largest absolute Gasteiger partial charge is 0.449 e. The van der Waals surface area contributed by atoms with E-state index in [1.54, 1.807) is 0 Å². The van der Waals surface area contributed by atoms with E-state index >= 15 is 0 Å². The number of pyridine rings is 1. The second-order valence-electron chi connectivity index (χ2n) is 6.45. The molecule has 0 unspecified atom stereocenters. The number of anilines is 1. The topological polar surface area (TPSA) is 107 Å². The first-order chi connectivity index (χ1) is 15.2. The number of ether oxygens (including phenoxy) is 1. The molecule has 162 valence electrons. The highest BCUT2D eigenvalue weighted by Crippen LogP contribution is 2.32. The zero-order chi connectivity index (χ0) is 23.0. The zero-order valence-corrected chi connectivity index (χ0v) is 15.8. The van der Waals surface area contributed by atoms with Gasteiger partial charge in [0.2, 0.25) is 17.4 Å². The van der Waals surface area contributed by atoms with Crippen molar-refractivity contribution in [2.45, 2.75) is 0 Å². The lowest BCUT2D eigenvalue weighted by Gasteiger charge is -2.08. The Labute approximate surface area is 176 Å². The molecule has 3 N–H and O–H groups in total. The number of benzene rings is 2. The molecule has 0 fully saturated rings. The number of nitrogens with zero attached hydrogens (tertiary/aromatic N) is 1. The standard InChI is InChI=1S/C21H11F4N3O4/c22-10-2-3-15-12(5-10)17(19(31-15)20(26)29)28-21(30)9-1-4-16(27-8-9)32-18-13(24)6-11(23)7-14(18)25/h1-8H,(H2,26,29)(H,28,30). The summed E-state index contributed by atoms with van der Waals surface area (Å²) in [5.74, 6) is -7.57.